The van der Waals surface area contributed by atoms with Crippen LogP contribution in [0.5, 0.6) is 11.5 Å². The highest BCUT2D eigenvalue weighted by Gasteiger charge is 2.14. The Kier molecular flexibility index (Phi) is 5.71. The third-order valence-electron chi connectivity index (χ3n) is 3.82. The SMILES string of the molecule is COc1ccc(-c2cc(NC(=O)c3ccc(C)s3)ccc2OC(F)F)cc1. The second-order valence-corrected chi connectivity index (χ2v) is 6.97. The summed E-state index contributed by atoms with van der Waals surface area (Å²) in [6.07, 6.45) is 0. The summed E-state index contributed by atoms with van der Waals surface area (Å²) in [4.78, 5) is 14.0. The minimum absolute atomic E-state index is 0.0279. The van der Waals surface area contributed by atoms with Crippen LogP contribution in [0, 0.1) is 6.92 Å². The maximum Gasteiger partial charge on any atom is 0.387 e. The Morgan fingerprint density at radius 1 is 1.07 bits per heavy atom. The zero-order valence-electron chi connectivity index (χ0n) is 14.7. The maximum absolute atomic E-state index is 12.8. The summed E-state index contributed by atoms with van der Waals surface area (Å²) >= 11 is 1.38. The number of anilines is 1. The second-order valence-electron chi connectivity index (χ2n) is 5.68. The normalized spacial score (nSPS) is 10.7. The monoisotopic (exact) mass is 389 g/mol. The van der Waals surface area contributed by atoms with E-state index in [2.05, 4.69) is 10.1 Å². The molecule has 0 aliphatic rings. The molecule has 0 saturated heterocycles. The van der Waals surface area contributed by atoms with E-state index in [1.807, 2.05) is 13.0 Å². The van der Waals surface area contributed by atoms with Crippen LogP contribution in [0.1, 0.15) is 14.5 Å². The summed E-state index contributed by atoms with van der Waals surface area (Å²) in [5, 5.41) is 2.79. The molecular weight excluding hydrogens is 372 g/mol. The molecule has 0 radical (unpaired) electrons. The number of alkyl halides is 2. The molecule has 1 amide bonds. The summed E-state index contributed by atoms with van der Waals surface area (Å²) in [6, 6.07) is 15.1. The van der Waals surface area contributed by atoms with E-state index in [9.17, 15) is 13.6 Å². The van der Waals surface area contributed by atoms with Crippen molar-refractivity contribution in [1.82, 2.24) is 0 Å². The van der Waals surface area contributed by atoms with Crippen molar-refractivity contribution in [2.24, 2.45) is 0 Å². The smallest absolute Gasteiger partial charge is 0.387 e. The molecule has 27 heavy (non-hydrogen) atoms. The first kappa shape index (κ1) is 18.8. The largest absolute Gasteiger partial charge is 0.497 e. The van der Waals surface area contributed by atoms with Crippen LogP contribution in [-0.4, -0.2) is 19.6 Å². The van der Waals surface area contributed by atoms with E-state index >= 15 is 0 Å². The van der Waals surface area contributed by atoms with Crippen LogP contribution in [0.3, 0.4) is 0 Å². The Morgan fingerprint density at radius 3 is 2.41 bits per heavy atom. The molecule has 0 spiro atoms. The van der Waals surface area contributed by atoms with Crippen molar-refractivity contribution in [2.45, 2.75) is 13.5 Å². The fourth-order valence-corrected chi connectivity index (χ4v) is 3.31. The molecule has 0 bridgehead atoms. The van der Waals surface area contributed by atoms with Gasteiger partial charge >= 0.3 is 6.61 Å². The lowest BCUT2D eigenvalue weighted by molar-refractivity contribution is -0.0494. The molecule has 3 rings (SSSR count). The Labute approximate surface area is 159 Å². The quantitative estimate of drug-likeness (QED) is 0.598. The van der Waals surface area contributed by atoms with Crippen LogP contribution in [0.25, 0.3) is 11.1 Å². The molecule has 0 aliphatic carbocycles. The summed E-state index contributed by atoms with van der Waals surface area (Å²) in [7, 11) is 1.54. The number of hydrogen-bond donors (Lipinski definition) is 1. The predicted molar refractivity (Wildman–Crippen MR) is 102 cm³/mol. The number of thiophene rings is 1. The standard InChI is InChI=1S/C20H17F2NO3S/c1-12-3-10-18(27-12)19(24)23-14-6-9-17(26-20(21)22)16(11-14)13-4-7-15(25-2)8-5-13/h3-11,20H,1-2H3,(H,23,24). The van der Waals surface area contributed by atoms with Crippen LogP contribution in [0.4, 0.5) is 14.5 Å². The predicted octanol–water partition coefficient (Wildman–Crippen LogP) is 5.59. The van der Waals surface area contributed by atoms with Gasteiger partial charge in [-0.15, -0.1) is 11.3 Å². The van der Waals surface area contributed by atoms with E-state index in [1.54, 1.807) is 43.5 Å². The minimum atomic E-state index is -2.95. The van der Waals surface area contributed by atoms with E-state index in [1.165, 1.54) is 23.5 Å². The molecule has 2 aromatic carbocycles. The number of halogens is 2. The molecule has 1 heterocycles. The van der Waals surface area contributed by atoms with E-state index in [4.69, 9.17) is 4.74 Å². The van der Waals surface area contributed by atoms with Crippen LogP contribution in [-0.2, 0) is 0 Å². The lowest BCUT2D eigenvalue weighted by atomic mass is 10.0. The van der Waals surface area contributed by atoms with Crippen molar-refractivity contribution in [3.8, 4) is 22.6 Å². The molecule has 1 N–H and O–H groups in total. The topological polar surface area (TPSA) is 47.6 Å². The van der Waals surface area contributed by atoms with Crippen molar-refractivity contribution in [3.63, 3.8) is 0 Å². The summed E-state index contributed by atoms with van der Waals surface area (Å²) in [5.74, 6) is 0.420. The Balaban J connectivity index is 1.93. The fraction of sp³-hybridized carbons (Fsp3) is 0.150. The van der Waals surface area contributed by atoms with Gasteiger partial charge in [-0.1, -0.05) is 12.1 Å². The number of rotatable bonds is 6. The number of amides is 1. The summed E-state index contributed by atoms with van der Waals surface area (Å²) in [5.41, 5.74) is 1.59. The molecule has 0 saturated carbocycles. The number of hydrogen-bond acceptors (Lipinski definition) is 4. The molecule has 1 aromatic heterocycles. The van der Waals surface area contributed by atoms with Gasteiger partial charge in [0, 0.05) is 16.1 Å². The van der Waals surface area contributed by atoms with Crippen molar-refractivity contribution < 1.29 is 23.0 Å². The molecule has 4 nitrogen and oxygen atoms in total. The number of nitrogens with one attached hydrogen (secondary N) is 1. The molecule has 0 unspecified atom stereocenters. The van der Waals surface area contributed by atoms with Crippen molar-refractivity contribution in [1.29, 1.82) is 0 Å². The Bertz CT molecular complexity index is 939. The number of methoxy groups -OCH3 is 1. The first-order valence-electron chi connectivity index (χ1n) is 8.07. The molecule has 7 heteroatoms. The van der Waals surface area contributed by atoms with E-state index in [-0.39, 0.29) is 11.7 Å². The van der Waals surface area contributed by atoms with E-state index in [0.29, 0.717) is 27.4 Å². The van der Waals surface area contributed by atoms with E-state index in [0.717, 1.165) is 4.88 Å². The lowest BCUT2D eigenvalue weighted by Gasteiger charge is -2.14. The number of aryl methyl sites for hydroxylation is 1. The maximum atomic E-state index is 12.8. The van der Waals surface area contributed by atoms with Gasteiger partial charge in [0.1, 0.15) is 11.5 Å². The molecule has 140 valence electrons. The second kappa shape index (κ2) is 8.18. The zero-order chi connectivity index (χ0) is 19.4. The highest BCUT2D eigenvalue weighted by atomic mass is 32.1. The third-order valence-corrected chi connectivity index (χ3v) is 4.82. The number of carbonyl (C=O) groups excluding carboxylic acids is 1. The van der Waals surface area contributed by atoms with Crippen molar-refractivity contribution >= 4 is 22.9 Å². The third kappa shape index (κ3) is 4.62. The lowest BCUT2D eigenvalue weighted by Crippen LogP contribution is -2.10. The number of carbonyl (C=O) groups is 1. The number of benzene rings is 2. The van der Waals surface area contributed by atoms with Gasteiger partial charge in [-0.25, -0.2) is 0 Å². The average molecular weight is 389 g/mol. The van der Waals surface area contributed by atoms with Crippen LogP contribution in [0.2, 0.25) is 0 Å². The first-order chi connectivity index (χ1) is 13.0. The van der Waals surface area contributed by atoms with Crippen LogP contribution in [0.15, 0.2) is 54.6 Å². The van der Waals surface area contributed by atoms with Gasteiger partial charge in [-0.2, -0.15) is 8.78 Å². The van der Waals surface area contributed by atoms with Gasteiger partial charge in [0.05, 0.1) is 12.0 Å². The molecule has 0 atom stereocenters. The van der Waals surface area contributed by atoms with Crippen LogP contribution >= 0.6 is 11.3 Å². The van der Waals surface area contributed by atoms with Gasteiger partial charge in [-0.3, -0.25) is 4.79 Å². The molecule has 3 aromatic rings. The zero-order valence-corrected chi connectivity index (χ0v) is 15.5. The van der Waals surface area contributed by atoms with E-state index < -0.39 is 6.61 Å². The Hall–Kier alpha value is -2.93. The average Bonchev–Trinajstić information content (AvgIpc) is 3.09. The summed E-state index contributed by atoms with van der Waals surface area (Å²) in [6.45, 7) is -1.03. The minimum Gasteiger partial charge on any atom is -0.497 e. The highest BCUT2D eigenvalue weighted by Crippen LogP contribution is 2.35. The highest BCUT2D eigenvalue weighted by molar-refractivity contribution is 7.14. The van der Waals surface area contributed by atoms with Gasteiger partial charge in [0.2, 0.25) is 0 Å². The van der Waals surface area contributed by atoms with Crippen LogP contribution < -0.4 is 14.8 Å². The molecule has 0 aliphatic heterocycles. The van der Waals surface area contributed by atoms with Gasteiger partial charge in [0.15, 0.2) is 0 Å². The van der Waals surface area contributed by atoms with Crippen molar-refractivity contribution in [3.05, 3.63) is 64.4 Å². The van der Waals surface area contributed by atoms with Crippen molar-refractivity contribution in [2.75, 3.05) is 12.4 Å². The molecule has 0 fully saturated rings. The summed E-state index contributed by atoms with van der Waals surface area (Å²) < 4.78 is 35.3. The Morgan fingerprint density at radius 2 is 1.81 bits per heavy atom. The fourth-order valence-electron chi connectivity index (χ4n) is 2.55. The van der Waals surface area contributed by atoms with Gasteiger partial charge < -0.3 is 14.8 Å². The van der Waals surface area contributed by atoms with Gasteiger partial charge in [0.25, 0.3) is 5.91 Å². The van der Waals surface area contributed by atoms with Gasteiger partial charge in [-0.05, 0) is 55.0 Å². The number of ether oxygens (including phenoxy) is 2. The first-order valence-corrected chi connectivity index (χ1v) is 8.89. The molecular formula is C20H17F2NO3S.